The molecular weight excluding hydrogens is 286 g/mol. The van der Waals surface area contributed by atoms with E-state index in [-0.39, 0.29) is 17.4 Å². The zero-order valence-electron chi connectivity index (χ0n) is 12.0. The number of aliphatic imine (C=N–C) groups is 1. The standard InChI is InChI=1S/C15H17N3O2S/c1-3-15(2)6-7-21-14(18-15)16-9-4-5-10-11(8-9)13(20)17-12(10)19/h4-5,8H,3,6-7H2,1-2H3,(H,16,18)(H,17,19,20). The number of amides is 2. The largest absolute Gasteiger partial charge is 0.335 e. The van der Waals surface area contributed by atoms with E-state index in [0.717, 1.165) is 29.4 Å². The van der Waals surface area contributed by atoms with Crippen LogP contribution in [0.15, 0.2) is 23.2 Å². The van der Waals surface area contributed by atoms with E-state index in [4.69, 9.17) is 4.99 Å². The quantitative estimate of drug-likeness (QED) is 0.824. The molecule has 1 aromatic carbocycles. The van der Waals surface area contributed by atoms with Crippen LogP contribution in [-0.4, -0.2) is 28.3 Å². The maximum Gasteiger partial charge on any atom is 0.259 e. The van der Waals surface area contributed by atoms with E-state index < -0.39 is 0 Å². The van der Waals surface area contributed by atoms with Crippen molar-refractivity contribution in [2.45, 2.75) is 32.2 Å². The molecule has 2 aliphatic rings. The molecule has 2 amide bonds. The van der Waals surface area contributed by atoms with Gasteiger partial charge >= 0.3 is 0 Å². The molecule has 21 heavy (non-hydrogen) atoms. The van der Waals surface area contributed by atoms with Gasteiger partial charge < -0.3 is 5.32 Å². The average molecular weight is 303 g/mol. The molecule has 0 aromatic heterocycles. The van der Waals surface area contributed by atoms with Crippen molar-refractivity contribution in [3.05, 3.63) is 29.3 Å². The SMILES string of the molecule is CCC1(C)CCSC(Nc2ccc3c(c2)C(=O)NC3=O)=N1. The Kier molecular flexibility index (Phi) is 3.49. The Morgan fingerprint density at radius 2 is 2.10 bits per heavy atom. The Bertz CT molecular complexity index is 656. The monoisotopic (exact) mass is 303 g/mol. The molecule has 5 nitrogen and oxygen atoms in total. The molecule has 6 heteroatoms. The minimum atomic E-state index is -0.338. The number of fused-ring (bicyclic) bond motifs is 1. The fourth-order valence-corrected chi connectivity index (χ4v) is 3.60. The molecule has 2 aliphatic heterocycles. The Morgan fingerprint density at radius 1 is 1.33 bits per heavy atom. The highest BCUT2D eigenvalue weighted by molar-refractivity contribution is 8.14. The summed E-state index contributed by atoms with van der Waals surface area (Å²) in [5.74, 6) is 0.361. The highest BCUT2D eigenvalue weighted by Crippen LogP contribution is 2.30. The summed E-state index contributed by atoms with van der Waals surface area (Å²) in [5, 5.41) is 6.42. The number of thioether (sulfide) groups is 1. The van der Waals surface area contributed by atoms with E-state index in [9.17, 15) is 9.59 Å². The molecule has 110 valence electrons. The van der Waals surface area contributed by atoms with Gasteiger partial charge in [0, 0.05) is 11.4 Å². The summed E-state index contributed by atoms with van der Waals surface area (Å²) >= 11 is 1.68. The summed E-state index contributed by atoms with van der Waals surface area (Å²) in [6.45, 7) is 4.30. The summed E-state index contributed by atoms with van der Waals surface area (Å²) in [4.78, 5) is 28.0. The van der Waals surface area contributed by atoms with Crippen LogP contribution in [0.1, 0.15) is 47.4 Å². The zero-order chi connectivity index (χ0) is 15.0. The number of hydrogen-bond acceptors (Lipinski definition) is 5. The molecule has 1 unspecified atom stereocenters. The second-order valence-corrected chi connectivity index (χ2v) is 6.62. The van der Waals surface area contributed by atoms with Crippen molar-refractivity contribution >= 4 is 34.4 Å². The van der Waals surface area contributed by atoms with E-state index in [1.807, 2.05) is 0 Å². The number of anilines is 1. The smallest absolute Gasteiger partial charge is 0.259 e. The lowest BCUT2D eigenvalue weighted by Gasteiger charge is -2.29. The van der Waals surface area contributed by atoms with E-state index >= 15 is 0 Å². The molecule has 0 bridgehead atoms. The van der Waals surface area contributed by atoms with Crippen molar-refractivity contribution in [3.63, 3.8) is 0 Å². The second-order valence-electron chi connectivity index (χ2n) is 5.53. The van der Waals surface area contributed by atoms with Gasteiger partial charge in [-0.1, -0.05) is 18.7 Å². The van der Waals surface area contributed by atoms with Crippen LogP contribution in [0, 0.1) is 0 Å². The molecule has 1 aromatic rings. The Morgan fingerprint density at radius 3 is 2.86 bits per heavy atom. The van der Waals surface area contributed by atoms with Crippen LogP contribution in [0.3, 0.4) is 0 Å². The van der Waals surface area contributed by atoms with Crippen LogP contribution < -0.4 is 10.6 Å². The highest BCUT2D eigenvalue weighted by atomic mass is 32.2. The van der Waals surface area contributed by atoms with Gasteiger partial charge in [-0.25, -0.2) is 0 Å². The Balaban J connectivity index is 1.85. The van der Waals surface area contributed by atoms with Gasteiger partial charge in [-0.2, -0.15) is 0 Å². The molecule has 0 aliphatic carbocycles. The van der Waals surface area contributed by atoms with Crippen molar-refractivity contribution in [1.29, 1.82) is 0 Å². The molecule has 0 fully saturated rings. The van der Waals surface area contributed by atoms with Crippen molar-refractivity contribution in [2.24, 2.45) is 4.99 Å². The van der Waals surface area contributed by atoms with Crippen LogP contribution >= 0.6 is 11.8 Å². The lowest BCUT2D eigenvalue weighted by molar-refractivity contribution is 0.0879. The summed E-state index contributed by atoms with van der Waals surface area (Å²) in [6.07, 6.45) is 2.07. The fourth-order valence-electron chi connectivity index (χ4n) is 2.39. The first-order valence-electron chi connectivity index (χ1n) is 7.00. The molecular formula is C15H17N3O2S. The Hall–Kier alpha value is -1.82. The topological polar surface area (TPSA) is 70.6 Å². The van der Waals surface area contributed by atoms with Crippen molar-refractivity contribution < 1.29 is 9.59 Å². The predicted molar refractivity (Wildman–Crippen MR) is 85.1 cm³/mol. The van der Waals surface area contributed by atoms with Crippen molar-refractivity contribution in [3.8, 4) is 0 Å². The van der Waals surface area contributed by atoms with E-state index in [1.54, 1.807) is 30.0 Å². The highest BCUT2D eigenvalue weighted by Gasteiger charge is 2.28. The van der Waals surface area contributed by atoms with Crippen LogP contribution in [0.2, 0.25) is 0 Å². The zero-order valence-corrected chi connectivity index (χ0v) is 12.8. The Labute approximate surface area is 127 Å². The van der Waals surface area contributed by atoms with Crippen LogP contribution in [0.5, 0.6) is 0 Å². The predicted octanol–water partition coefficient (Wildman–Crippen LogP) is 2.64. The van der Waals surface area contributed by atoms with E-state index in [0.29, 0.717) is 11.1 Å². The van der Waals surface area contributed by atoms with Gasteiger partial charge in [-0.05, 0) is 38.0 Å². The van der Waals surface area contributed by atoms with Gasteiger partial charge in [-0.3, -0.25) is 19.9 Å². The van der Waals surface area contributed by atoms with Gasteiger partial charge in [-0.15, -0.1) is 0 Å². The summed E-state index contributed by atoms with van der Waals surface area (Å²) in [7, 11) is 0. The first kappa shape index (κ1) is 14.1. The number of carbonyl (C=O) groups excluding carboxylic acids is 2. The lowest BCUT2D eigenvalue weighted by atomic mass is 9.97. The number of nitrogens with one attached hydrogen (secondary N) is 2. The third kappa shape index (κ3) is 2.68. The van der Waals surface area contributed by atoms with Gasteiger partial charge in [0.25, 0.3) is 11.8 Å². The maximum absolute atomic E-state index is 11.7. The third-order valence-electron chi connectivity index (χ3n) is 4.00. The molecule has 0 radical (unpaired) electrons. The number of nitrogens with zero attached hydrogens (tertiary/aromatic N) is 1. The molecule has 0 saturated carbocycles. The molecule has 3 rings (SSSR count). The molecule has 0 saturated heterocycles. The summed E-state index contributed by atoms with van der Waals surface area (Å²) in [5.41, 5.74) is 1.62. The summed E-state index contributed by atoms with van der Waals surface area (Å²) < 4.78 is 0. The third-order valence-corrected chi connectivity index (χ3v) is 4.87. The maximum atomic E-state index is 11.7. The molecule has 2 N–H and O–H groups in total. The van der Waals surface area contributed by atoms with Crippen LogP contribution in [0.4, 0.5) is 5.69 Å². The minimum Gasteiger partial charge on any atom is -0.335 e. The number of benzene rings is 1. The first-order chi connectivity index (χ1) is 10.0. The van der Waals surface area contributed by atoms with E-state index in [1.165, 1.54) is 0 Å². The normalized spacial score (nSPS) is 24.4. The molecule has 1 atom stereocenters. The number of amidine groups is 1. The van der Waals surface area contributed by atoms with Crippen LogP contribution in [-0.2, 0) is 0 Å². The van der Waals surface area contributed by atoms with Crippen molar-refractivity contribution in [2.75, 3.05) is 11.1 Å². The van der Waals surface area contributed by atoms with Gasteiger partial charge in [0.1, 0.15) is 0 Å². The van der Waals surface area contributed by atoms with Gasteiger partial charge in [0.2, 0.25) is 0 Å². The first-order valence-corrected chi connectivity index (χ1v) is 7.99. The molecule has 0 spiro atoms. The fraction of sp³-hybridized carbons (Fsp3) is 0.400. The minimum absolute atomic E-state index is 0.0162. The summed E-state index contributed by atoms with van der Waals surface area (Å²) in [6, 6.07) is 5.18. The van der Waals surface area contributed by atoms with Crippen molar-refractivity contribution in [1.82, 2.24) is 5.32 Å². The average Bonchev–Trinajstić information content (AvgIpc) is 2.74. The number of carbonyl (C=O) groups is 2. The lowest BCUT2D eigenvalue weighted by Crippen LogP contribution is -2.29. The number of hydrogen-bond donors (Lipinski definition) is 2. The number of rotatable bonds is 2. The van der Waals surface area contributed by atoms with Gasteiger partial charge in [0.05, 0.1) is 16.7 Å². The molecule has 2 heterocycles. The van der Waals surface area contributed by atoms with E-state index in [2.05, 4.69) is 24.5 Å². The second kappa shape index (κ2) is 5.18. The number of imide groups is 1. The van der Waals surface area contributed by atoms with Crippen LogP contribution in [0.25, 0.3) is 0 Å². The van der Waals surface area contributed by atoms with Gasteiger partial charge in [0.15, 0.2) is 5.17 Å².